The van der Waals surface area contributed by atoms with Crippen LogP contribution in [0.4, 0.5) is 0 Å². The van der Waals surface area contributed by atoms with Gasteiger partial charge in [-0.05, 0) is 31.9 Å². The quantitative estimate of drug-likeness (QED) is 0.776. The number of aromatic nitrogens is 2. The molecular weight excluding hydrogens is 228 g/mol. The highest BCUT2D eigenvalue weighted by Gasteiger charge is 2.36. The minimum atomic E-state index is -0.361. The Bertz CT molecular complexity index is 367. The van der Waals surface area contributed by atoms with Gasteiger partial charge in [-0.2, -0.15) is 5.10 Å². The Labute approximate surface area is 108 Å². The summed E-state index contributed by atoms with van der Waals surface area (Å²) in [6.07, 6.45) is 7.14. The maximum atomic E-state index is 9.98. The van der Waals surface area contributed by atoms with Gasteiger partial charge in [0, 0.05) is 37.6 Å². The van der Waals surface area contributed by atoms with Crippen LogP contribution in [0.25, 0.3) is 0 Å². The van der Waals surface area contributed by atoms with E-state index in [9.17, 15) is 5.11 Å². The van der Waals surface area contributed by atoms with E-state index in [0.717, 1.165) is 0 Å². The zero-order valence-electron chi connectivity index (χ0n) is 10.7. The summed E-state index contributed by atoms with van der Waals surface area (Å²) in [5.41, 5.74) is 0. The predicted octanol–water partition coefficient (Wildman–Crippen LogP) is 0.0703. The fraction of sp³-hybridized carbons (Fsp3) is 0.769. The van der Waals surface area contributed by atoms with Gasteiger partial charge < -0.3 is 10.4 Å². The number of nitrogens with one attached hydrogen (secondary N) is 1. The van der Waals surface area contributed by atoms with E-state index in [1.165, 1.54) is 32.4 Å². The fourth-order valence-corrected chi connectivity index (χ4v) is 3.30. The maximum Gasteiger partial charge on any atom is 0.0860 e. The van der Waals surface area contributed by atoms with Crippen molar-refractivity contribution in [2.24, 2.45) is 0 Å². The molecule has 2 fully saturated rings. The van der Waals surface area contributed by atoms with Crippen LogP contribution in [0.3, 0.4) is 0 Å². The van der Waals surface area contributed by atoms with Crippen LogP contribution in [0.2, 0.25) is 0 Å². The molecule has 3 atom stereocenters. The smallest absolute Gasteiger partial charge is 0.0860 e. The second kappa shape index (κ2) is 5.38. The Morgan fingerprint density at radius 2 is 2.33 bits per heavy atom. The van der Waals surface area contributed by atoms with Gasteiger partial charge in [0.15, 0.2) is 0 Å². The van der Waals surface area contributed by atoms with Crippen LogP contribution in [0, 0.1) is 0 Å². The summed E-state index contributed by atoms with van der Waals surface area (Å²) in [7, 11) is 0. The van der Waals surface area contributed by atoms with Crippen molar-refractivity contribution in [3.05, 3.63) is 18.5 Å². The van der Waals surface area contributed by atoms with Crippen molar-refractivity contribution in [2.75, 3.05) is 19.6 Å². The monoisotopic (exact) mass is 250 g/mol. The number of aliphatic hydroxyl groups excluding tert-OH is 1. The SMILES string of the molecule is OC(CNC1CCN2CCCC12)Cn1cccn1. The van der Waals surface area contributed by atoms with Crippen LogP contribution in [0.1, 0.15) is 19.3 Å². The number of rotatable bonds is 5. The van der Waals surface area contributed by atoms with Gasteiger partial charge in [-0.1, -0.05) is 0 Å². The van der Waals surface area contributed by atoms with Gasteiger partial charge in [0.05, 0.1) is 12.6 Å². The number of fused-ring (bicyclic) bond motifs is 1. The molecule has 2 saturated heterocycles. The Balaban J connectivity index is 1.43. The number of hydrogen-bond acceptors (Lipinski definition) is 4. The molecule has 0 aliphatic carbocycles. The van der Waals surface area contributed by atoms with Crippen molar-refractivity contribution in [3.8, 4) is 0 Å². The zero-order valence-corrected chi connectivity index (χ0v) is 10.7. The lowest BCUT2D eigenvalue weighted by atomic mass is 10.1. The Morgan fingerprint density at radius 3 is 3.17 bits per heavy atom. The number of nitrogens with zero attached hydrogens (tertiary/aromatic N) is 3. The van der Waals surface area contributed by atoms with Gasteiger partial charge in [-0.25, -0.2) is 0 Å². The molecule has 0 aromatic carbocycles. The molecule has 3 heterocycles. The summed E-state index contributed by atoms with van der Waals surface area (Å²) in [6, 6.07) is 3.16. The van der Waals surface area contributed by atoms with E-state index in [1.54, 1.807) is 10.9 Å². The van der Waals surface area contributed by atoms with E-state index in [1.807, 2.05) is 12.3 Å². The molecule has 100 valence electrons. The summed E-state index contributed by atoms with van der Waals surface area (Å²) in [6.45, 7) is 3.71. The molecular formula is C13H22N4O. The first-order valence-corrected chi connectivity index (χ1v) is 6.96. The average Bonchev–Trinajstić information content (AvgIpc) is 3.03. The molecule has 1 aromatic heterocycles. The van der Waals surface area contributed by atoms with Crippen molar-refractivity contribution in [1.82, 2.24) is 20.0 Å². The van der Waals surface area contributed by atoms with Crippen LogP contribution < -0.4 is 5.32 Å². The van der Waals surface area contributed by atoms with Gasteiger partial charge in [0.2, 0.25) is 0 Å². The molecule has 1 aromatic rings. The third kappa shape index (κ3) is 2.58. The molecule has 2 aliphatic heterocycles. The van der Waals surface area contributed by atoms with Crippen molar-refractivity contribution in [1.29, 1.82) is 0 Å². The van der Waals surface area contributed by atoms with E-state index in [2.05, 4.69) is 15.3 Å². The molecule has 0 bridgehead atoms. The van der Waals surface area contributed by atoms with Crippen molar-refractivity contribution >= 4 is 0 Å². The molecule has 2 aliphatic rings. The number of aliphatic hydroxyl groups is 1. The van der Waals surface area contributed by atoms with E-state index in [4.69, 9.17) is 0 Å². The van der Waals surface area contributed by atoms with Crippen LogP contribution >= 0.6 is 0 Å². The van der Waals surface area contributed by atoms with Gasteiger partial charge in [-0.3, -0.25) is 9.58 Å². The molecule has 0 radical (unpaired) electrons. The van der Waals surface area contributed by atoms with Gasteiger partial charge in [-0.15, -0.1) is 0 Å². The van der Waals surface area contributed by atoms with Gasteiger partial charge in [0.1, 0.15) is 0 Å². The fourth-order valence-electron chi connectivity index (χ4n) is 3.30. The average molecular weight is 250 g/mol. The molecule has 5 nitrogen and oxygen atoms in total. The topological polar surface area (TPSA) is 53.3 Å². The molecule has 3 rings (SSSR count). The predicted molar refractivity (Wildman–Crippen MR) is 69.2 cm³/mol. The van der Waals surface area contributed by atoms with E-state index in [-0.39, 0.29) is 6.10 Å². The molecule has 0 spiro atoms. The second-order valence-corrected chi connectivity index (χ2v) is 5.43. The zero-order chi connectivity index (χ0) is 12.4. The van der Waals surface area contributed by atoms with Gasteiger partial charge >= 0.3 is 0 Å². The molecule has 18 heavy (non-hydrogen) atoms. The normalized spacial score (nSPS) is 29.6. The lowest BCUT2D eigenvalue weighted by molar-refractivity contribution is 0.140. The standard InChI is InChI=1S/C13H22N4O/c18-11(10-17-7-2-5-15-17)9-14-12-4-8-16-6-1-3-13(12)16/h2,5,7,11-14,18H,1,3-4,6,8-10H2. The van der Waals surface area contributed by atoms with Crippen LogP contribution in [-0.4, -0.2) is 57.6 Å². The molecule has 5 heteroatoms. The lowest BCUT2D eigenvalue weighted by Gasteiger charge is -2.22. The number of hydrogen-bond donors (Lipinski definition) is 2. The van der Waals surface area contributed by atoms with Crippen molar-refractivity contribution in [3.63, 3.8) is 0 Å². The first-order valence-electron chi connectivity index (χ1n) is 6.96. The summed E-state index contributed by atoms with van der Waals surface area (Å²) in [5, 5.41) is 17.6. The molecule has 0 amide bonds. The van der Waals surface area contributed by atoms with Crippen LogP contribution in [0.5, 0.6) is 0 Å². The Kier molecular flexibility index (Phi) is 3.63. The minimum Gasteiger partial charge on any atom is -0.390 e. The Hall–Kier alpha value is -0.910. The van der Waals surface area contributed by atoms with E-state index in [0.29, 0.717) is 25.2 Å². The summed E-state index contributed by atoms with van der Waals surface area (Å²) < 4.78 is 1.78. The second-order valence-electron chi connectivity index (χ2n) is 5.43. The first-order chi connectivity index (χ1) is 8.83. The van der Waals surface area contributed by atoms with Crippen molar-refractivity contribution < 1.29 is 5.11 Å². The van der Waals surface area contributed by atoms with Crippen molar-refractivity contribution in [2.45, 2.75) is 44.0 Å². The maximum absolute atomic E-state index is 9.98. The van der Waals surface area contributed by atoms with Crippen LogP contribution in [0.15, 0.2) is 18.5 Å². The highest BCUT2D eigenvalue weighted by Crippen LogP contribution is 2.27. The van der Waals surface area contributed by atoms with E-state index < -0.39 is 0 Å². The summed E-state index contributed by atoms with van der Waals surface area (Å²) in [5.74, 6) is 0. The van der Waals surface area contributed by atoms with E-state index >= 15 is 0 Å². The summed E-state index contributed by atoms with van der Waals surface area (Å²) >= 11 is 0. The molecule has 0 saturated carbocycles. The summed E-state index contributed by atoms with van der Waals surface area (Å²) in [4.78, 5) is 2.58. The molecule has 3 unspecified atom stereocenters. The third-order valence-corrected chi connectivity index (χ3v) is 4.18. The van der Waals surface area contributed by atoms with Crippen LogP contribution in [-0.2, 0) is 6.54 Å². The largest absolute Gasteiger partial charge is 0.390 e. The Morgan fingerprint density at radius 1 is 1.39 bits per heavy atom. The third-order valence-electron chi connectivity index (χ3n) is 4.18. The molecule has 2 N–H and O–H groups in total. The van der Waals surface area contributed by atoms with Gasteiger partial charge in [0.25, 0.3) is 0 Å². The highest BCUT2D eigenvalue weighted by atomic mass is 16.3. The minimum absolute atomic E-state index is 0.361. The lowest BCUT2D eigenvalue weighted by Crippen LogP contribution is -2.43. The first kappa shape index (κ1) is 12.1. The highest BCUT2D eigenvalue weighted by molar-refractivity contribution is 4.95.